The minimum absolute atomic E-state index is 0.0188. The minimum Gasteiger partial charge on any atom is -0.481 e. The number of hydrogen-bond donors (Lipinski definition) is 1. The molecule has 2 atom stereocenters. The zero-order valence-electron chi connectivity index (χ0n) is 11.5. The fourth-order valence-electron chi connectivity index (χ4n) is 2.24. The van der Waals surface area contributed by atoms with Gasteiger partial charge in [-0.15, -0.1) is 0 Å². The van der Waals surface area contributed by atoms with E-state index in [0.717, 1.165) is 6.42 Å². The lowest BCUT2D eigenvalue weighted by Crippen LogP contribution is -2.31. The van der Waals surface area contributed by atoms with Gasteiger partial charge in [-0.3, -0.25) is 9.36 Å². The van der Waals surface area contributed by atoms with E-state index in [1.54, 1.807) is 25.3 Å². The van der Waals surface area contributed by atoms with E-state index >= 15 is 0 Å². The van der Waals surface area contributed by atoms with Crippen molar-refractivity contribution in [1.82, 2.24) is 9.55 Å². The molecule has 100 valence electrons. The van der Waals surface area contributed by atoms with Crippen LogP contribution in [0, 0.1) is 13.8 Å². The number of aromatic nitrogens is 2. The number of carbonyl (C=O) groups is 1. The average molecular weight is 252 g/mol. The van der Waals surface area contributed by atoms with Gasteiger partial charge in [0.15, 0.2) is 0 Å². The number of hydrogen-bond acceptors (Lipinski definition) is 3. The minimum atomic E-state index is -0.905. The third-order valence-electron chi connectivity index (χ3n) is 3.45. The molecule has 1 heterocycles. The maximum atomic E-state index is 11.9. The number of carboxylic acids is 1. The number of aliphatic carboxylic acids is 1. The third kappa shape index (κ3) is 2.44. The predicted octanol–water partition coefficient (Wildman–Crippen LogP) is 2.02. The van der Waals surface area contributed by atoms with Crippen LogP contribution in [0.1, 0.15) is 56.1 Å². The summed E-state index contributed by atoms with van der Waals surface area (Å²) in [5.74, 6) is -1.56. The molecule has 0 saturated carbocycles. The molecule has 1 aromatic rings. The quantitative estimate of drug-likeness (QED) is 0.889. The van der Waals surface area contributed by atoms with Crippen LogP contribution < -0.4 is 5.69 Å². The summed E-state index contributed by atoms with van der Waals surface area (Å²) in [6.07, 6.45) is 0.798. The van der Waals surface area contributed by atoms with Gasteiger partial charge in [0.25, 0.3) is 0 Å². The van der Waals surface area contributed by atoms with Crippen LogP contribution in [0.25, 0.3) is 0 Å². The molecule has 0 aromatic carbocycles. The molecule has 0 aliphatic rings. The van der Waals surface area contributed by atoms with Crippen LogP contribution in [0.15, 0.2) is 4.79 Å². The summed E-state index contributed by atoms with van der Waals surface area (Å²) in [5, 5.41) is 9.13. The summed E-state index contributed by atoms with van der Waals surface area (Å²) in [6.45, 7) is 9.00. The van der Waals surface area contributed by atoms with Crippen LogP contribution in [0.3, 0.4) is 0 Å². The van der Waals surface area contributed by atoms with Gasteiger partial charge in [-0.25, -0.2) is 4.79 Å². The van der Waals surface area contributed by atoms with E-state index in [-0.39, 0.29) is 11.7 Å². The number of rotatable bonds is 4. The third-order valence-corrected chi connectivity index (χ3v) is 3.45. The molecule has 0 amide bonds. The van der Waals surface area contributed by atoms with Gasteiger partial charge in [0.05, 0.1) is 5.92 Å². The van der Waals surface area contributed by atoms with Crippen molar-refractivity contribution in [2.75, 3.05) is 0 Å². The van der Waals surface area contributed by atoms with E-state index in [2.05, 4.69) is 4.98 Å². The molecular formula is C13H20N2O3. The Morgan fingerprint density at radius 2 is 1.94 bits per heavy atom. The van der Waals surface area contributed by atoms with Crippen LogP contribution in [-0.4, -0.2) is 20.6 Å². The molecule has 0 fully saturated rings. The molecule has 0 bridgehead atoms. The highest BCUT2D eigenvalue weighted by molar-refractivity contribution is 5.76. The fourth-order valence-corrected chi connectivity index (χ4v) is 2.24. The largest absolute Gasteiger partial charge is 0.481 e. The van der Waals surface area contributed by atoms with Gasteiger partial charge in [-0.05, 0) is 34.1 Å². The molecule has 1 N–H and O–H groups in total. The zero-order valence-corrected chi connectivity index (χ0v) is 11.5. The number of carboxylic acid groups (broad SMARTS) is 1. The molecule has 0 aliphatic carbocycles. The Kier molecular flexibility index (Phi) is 4.27. The maximum Gasteiger partial charge on any atom is 0.348 e. The predicted molar refractivity (Wildman–Crippen MR) is 69.0 cm³/mol. The van der Waals surface area contributed by atoms with Crippen LogP contribution >= 0.6 is 0 Å². The summed E-state index contributed by atoms with van der Waals surface area (Å²) in [5.41, 5.74) is 1.55. The van der Waals surface area contributed by atoms with E-state index < -0.39 is 11.9 Å². The van der Waals surface area contributed by atoms with Crippen LogP contribution in [0.4, 0.5) is 0 Å². The molecule has 0 spiro atoms. The fraction of sp³-hybridized carbons (Fsp3) is 0.615. The molecular weight excluding hydrogens is 232 g/mol. The second-order valence-electron chi connectivity index (χ2n) is 4.67. The monoisotopic (exact) mass is 252 g/mol. The van der Waals surface area contributed by atoms with Crippen molar-refractivity contribution in [1.29, 1.82) is 0 Å². The van der Waals surface area contributed by atoms with Crippen LogP contribution in [0.5, 0.6) is 0 Å². The Bertz CT molecular complexity index is 520. The molecule has 5 heteroatoms. The lowest BCUT2D eigenvalue weighted by atomic mass is 9.97. The second-order valence-corrected chi connectivity index (χ2v) is 4.67. The van der Waals surface area contributed by atoms with Gasteiger partial charge < -0.3 is 5.11 Å². The Morgan fingerprint density at radius 3 is 2.39 bits per heavy atom. The topological polar surface area (TPSA) is 72.2 Å². The molecule has 18 heavy (non-hydrogen) atoms. The molecule has 0 radical (unpaired) electrons. The highest BCUT2D eigenvalue weighted by Crippen LogP contribution is 2.23. The van der Waals surface area contributed by atoms with Crippen molar-refractivity contribution in [2.24, 2.45) is 0 Å². The van der Waals surface area contributed by atoms with E-state index in [1.807, 2.05) is 13.8 Å². The summed E-state index contributed by atoms with van der Waals surface area (Å²) in [6, 6.07) is 0.0188. The van der Waals surface area contributed by atoms with Gasteiger partial charge in [0, 0.05) is 23.0 Å². The average Bonchev–Trinajstić information content (AvgIpc) is 2.27. The van der Waals surface area contributed by atoms with Gasteiger partial charge in [0.2, 0.25) is 0 Å². The van der Waals surface area contributed by atoms with Gasteiger partial charge in [-0.1, -0.05) is 6.92 Å². The second kappa shape index (κ2) is 5.33. The summed E-state index contributed by atoms with van der Waals surface area (Å²) in [7, 11) is 0. The zero-order chi connectivity index (χ0) is 14.0. The van der Waals surface area contributed by atoms with Crippen molar-refractivity contribution in [3.05, 3.63) is 27.4 Å². The lowest BCUT2D eigenvalue weighted by Gasteiger charge is -2.21. The summed E-state index contributed by atoms with van der Waals surface area (Å²) >= 11 is 0. The molecule has 0 aliphatic heterocycles. The SMILES string of the molecule is CCC(C)n1c(C)c(C(C)C(=O)O)c(C)nc1=O. The van der Waals surface area contributed by atoms with Gasteiger partial charge in [-0.2, -0.15) is 4.98 Å². The van der Waals surface area contributed by atoms with E-state index in [9.17, 15) is 9.59 Å². The highest BCUT2D eigenvalue weighted by Gasteiger charge is 2.23. The first-order valence-electron chi connectivity index (χ1n) is 6.13. The highest BCUT2D eigenvalue weighted by atomic mass is 16.4. The van der Waals surface area contributed by atoms with E-state index in [1.165, 1.54) is 0 Å². The first kappa shape index (κ1) is 14.4. The van der Waals surface area contributed by atoms with Gasteiger partial charge >= 0.3 is 11.7 Å². The van der Waals surface area contributed by atoms with Crippen molar-refractivity contribution >= 4 is 5.97 Å². The first-order chi connectivity index (χ1) is 8.31. The molecule has 0 saturated heterocycles. The normalized spacial score (nSPS) is 14.3. The van der Waals surface area contributed by atoms with Crippen molar-refractivity contribution in [3.63, 3.8) is 0 Å². The lowest BCUT2D eigenvalue weighted by molar-refractivity contribution is -0.138. The first-order valence-corrected chi connectivity index (χ1v) is 6.13. The van der Waals surface area contributed by atoms with Crippen molar-refractivity contribution < 1.29 is 9.90 Å². The summed E-state index contributed by atoms with van der Waals surface area (Å²) in [4.78, 5) is 27.0. The Balaban J connectivity index is 3.54. The Labute approximate surface area is 106 Å². The standard InChI is InChI=1S/C13H20N2O3/c1-6-7(2)15-10(5)11(8(3)12(16)17)9(4)14-13(15)18/h7-8H,6H2,1-5H3,(H,16,17). The summed E-state index contributed by atoms with van der Waals surface area (Å²) < 4.78 is 1.59. The van der Waals surface area contributed by atoms with Crippen LogP contribution in [0.2, 0.25) is 0 Å². The Morgan fingerprint density at radius 1 is 1.39 bits per heavy atom. The maximum absolute atomic E-state index is 11.9. The van der Waals surface area contributed by atoms with Crippen molar-refractivity contribution in [3.8, 4) is 0 Å². The van der Waals surface area contributed by atoms with E-state index in [4.69, 9.17) is 5.11 Å². The van der Waals surface area contributed by atoms with E-state index in [0.29, 0.717) is 17.0 Å². The number of aryl methyl sites for hydroxylation is 1. The van der Waals surface area contributed by atoms with Crippen LogP contribution in [-0.2, 0) is 4.79 Å². The molecule has 1 rings (SSSR count). The molecule has 1 aromatic heterocycles. The molecule has 5 nitrogen and oxygen atoms in total. The van der Waals surface area contributed by atoms with Gasteiger partial charge in [0.1, 0.15) is 0 Å². The Hall–Kier alpha value is -1.65. The molecule has 2 unspecified atom stereocenters. The smallest absolute Gasteiger partial charge is 0.348 e. The number of nitrogens with zero attached hydrogens (tertiary/aromatic N) is 2. The van der Waals surface area contributed by atoms with Crippen molar-refractivity contribution in [2.45, 2.75) is 53.0 Å².